The van der Waals surface area contributed by atoms with Crippen molar-refractivity contribution in [3.8, 4) is 0 Å². The third kappa shape index (κ3) is 3.20. The third-order valence-electron chi connectivity index (χ3n) is 3.18. The second kappa shape index (κ2) is 4.52. The molecule has 1 rings (SSSR count). The highest BCUT2D eigenvalue weighted by Crippen LogP contribution is 2.26. The summed E-state index contributed by atoms with van der Waals surface area (Å²) in [7, 11) is 1.88. The van der Waals surface area contributed by atoms with E-state index < -0.39 is 0 Å². The van der Waals surface area contributed by atoms with Gasteiger partial charge in [0.1, 0.15) is 0 Å². The molecule has 3 nitrogen and oxygen atoms in total. The lowest BCUT2D eigenvalue weighted by Gasteiger charge is -2.36. The number of aliphatic hydroxyl groups excluding tert-OH is 1. The van der Waals surface area contributed by atoms with Gasteiger partial charge in [-0.05, 0) is 25.7 Å². The van der Waals surface area contributed by atoms with Crippen molar-refractivity contribution in [1.29, 1.82) is 0 Å². The van der Waals surface area contributed by atoms with Gasteiger partial charge < -0.3 is 10.0 Å². The summed E-state index contributed by atoms with van der Waals surface area (Å²) >= 11 is 0. The maximum absolute atomic E-state index is 12.0. The Labute approximate surface area is 92.5 Å². The summed E-state index contributed by atoms with van der Waals surface area (Å²) in [5.74, 6) is 0.198. The van der Waals surface area contributed by atoms with Gasteiger partial charge in [0.15, 0.2) is 0 Å². The third-order valence-corrected chi connectivity index (χ3v) is 3.18. The van der Waals surface area contributed by atoms with Crippen molar-refractivity contribution in [2.75, 3.05) is 7.05 Å². The molecule has 0 aliphatic heterocycles. The SMILES string of the molecule is CN(C(=O)C(C)(C)C)C1CCC(O)CC1. The van der Waals surface area contributed by atoms with E-state index in [0.717, 1.165) is 25.7 Å². The van der Waals surface area contributed by atoms with E-state index in [-0.39, 0.29) is 17.4 Å². The molecule has 0 aromatic carbocycles. The first kappa shape index (κ1) is 12.5. The Bertz CT molecular complexity index is 224. The van der Waals surface area contributed by atoms with E-state index >= 15 is 0 Å². The fraction of sp³-hybridized carbons (Fsp3) is 0.917. The molecule has 1 fully saturated rings. The van der Waals surface area contributed by atoms with Crippen LogP contribution in [0.1, 0.15) is 46.5 Å². The van der Waals surface area contributed by atoms with Gasteiger partial charge in [-0.2, -0.15) is 0 Å². The Morgan fingerprint density at radius 3 is 2.07 bits per heavy atom. The van der Waals surface area contributed by atoms with Crippen LogP contribution >= 0.6 is 0 Å². The minimum Gasteiger partial charge on any atom is -0.393 e. The number of hydrogen-bond acceptors (Lipinski definition) is 2. The van der Waals surface area contributed by atoms with Crippen molar-refractivity contribution < 1.29 is 9.90 Å². The van der Waals surface area contributed by atoms with Crippen LogP contribution in [-0.4, -0.2) is 35.1 Å². The molecule has 0 heterocycles. The highest BCUT2D eigenvalue weighted by molar-refractivity contribution is 5.81. The molecule has 3 heteroatoms. The Hall–Kier alpha value is -0.570. The van der Waals surface area contributed by atoms with Crippen LogP contribution in [0, 0.1) is 5.41 Å². The zero-order valence-corrected chi connectivity index (χ0v) is 10.3. The van der Waals surface area contributed by atoms with E-state index in [9.17, 15) is 9.90 Å². The highest BCUT2D eigenvalue weighted by Gasteiger charge is 2.31. The molecule has 0 atom stereocenters. The number of nitrogens with zero attached hydrogens (tertiary/aromatic N) is 1. The first-order valence-corrected chi connectivity index (χ1v) is 5.77. The van der Waals surface area contributed by atoms with Crippen LogP contribution in [0.4, 0.5) is 0 Å². The van der Waals surface area contributed by atoms with Crippen molar-refractivity contribution in [3.63, 3.8) is 0 Å². The van der Waals surface area contributed by atoms with Crippen molar-refractivity contribution in [2.24, 2.45) is 5.41 Å². The number of amides is 1. The Morgan fingerprint density at radius 2 is 1.67 bits per heavy atom. The van der Waals surface area contributed by atoms with Gasteiger partial charge in [-0.15, -0.1) is 0 Å². The second-order valence-corrected chi connectivity index (χ2v) is 5.63. The van der Waals surface area contributed by atoms with Crippen LogP contribution in [0.2, 0.25) is 0 Å². The quantitative estimate of drug-likeness (QED) is 0.721. The summed E-state index contributed by atoms with van der Waals surface area (Å²) in [5.41, 5.74) is -0.301. The minimum absolute atomic E-state index is 0.153. The van der Waals surface area contributed by atoms with Gasteiger partial charge in [0.2, 0.25) is 5.91 Å². The number of aliphatic hydroxyl groups is 1. The predicted molar refractivity (Wildman–Crippen MR) is 60.5 cm³/mol. The Morgan fingerprint density at radius 1 is 1.20 bits per heavy atom. The molecule has 0 saturated heterocycles. The van der Waals surface area contributed by atoms with E-state index in [4.69, 9.17) is 0 Å². The smallest absolute Gasteiger partial charge is 0.227 e. The molecule has 1 amide bonds. The van der Waals surface area contributed by atoms with Gasteiger partial charge >= 0.3 is 0 Å². The highest BCUT2D eigenvalue weighted by atomic mass is 16.3. The molecule has 1 N–H and O–H groups in total. The summed E-state index contributed by atoms with van der Waals surface area (Å²) in [5, 5.41) is 9.40. The van der Waals surface area contributed by atoms with E-state index in [1.165, 1.54) is 0 Å². The molecule has 0 spiro atoms. The molecule has 0 bridgehead atoms. The fourth-order valence-electron chi connectivity index (χ4n) is 2.14. The largest absolute Gasteiger partial charge is 0.393 e. The van der Waals surface area contributed by atoms with Crippen molar-refractivity contribution >= 4 is 5.91 Å². The fourth-order valence-corrected chi connectivity index (χ4v) is 2.14. The van der Waals surface area contributed by atoms with Crippen LogP contribution in [0.15, 0.2) is 0 Å². The van der Waals surface area contributed by atoms with Gasteiger partial charge in [0.25, 0.3) is 0 Å². The molecule has 1 aliphatic rings. The van der Waals surface area contributed by atoms with Crippen molar-refractivity contribution in [3.05, 3.63) is 0 Å². The average Bonchev–Trinajstić information content (AvgIpc) is 2.15. The first-order chi connectivity index (χ1) is 6.82. The van der Waals surface area contributed by atoms with Gasteiger partial charge in [-0.1, -0.05) is 20.8 Å². The summed E-state index contributed by atoms with van der Waals surface area (Å²) in [6.07, 6.45) is 3.36. The topological polar surface area (TPSA) is 40.5 Å². The van der Waals surface area contributed by atoms with Gasteiger partial charge in [-0.3, -0.25) is 4.79 Å². The normalized spacial score (nSPS) is 27.5. The predicted octanol–water partition coefficient (Wildman–Crippen LogP) is 1.79. The van der Waals surface area contributed by atoms with Crippen molar-refractivity contribution in [1.82, 2.24) is 4.90 Å². The van der Waals surface area contributed by atoms with Gasteiger partial charge in [-0.25, -0.2) is 0 Å². The Balaban J connectivity index is 2.54. The van der Waals surface area contributed by atoms with E-state index in [1.54, 1.807) is 0 Å². The number of carbonyl (C=O) groups excluding carboxylic acids is 1. The number of hydrogen-bond donors (Lipinski definition) is 1. The van der Waals surface area contributed by atoms with E-state index in [2.05, 4.69) is 0 Å². The lowest BCUT2D eigenvalue weighted by atomic mass is 9.89. The lowest BCUT2D eigenvalue weighted by molar-refractivity contribution is -0.141. The minimum atomic E-state index is -0.301. The maximum atomic E-state index is 12.0. The molecule has 0 radical (unpaired) electrons. The van der Waals surface area contributed by atoms with Crippen molar-refractivity contribution in [2.45, 2.75) is 58.6 Å². The van der Waals surface area contributed by atoms with Crippen LogP contribution in [0.25, 0.3) is 0 Å². The van der Waals surface area contributed by atoms with Crippen LogP contribution < -0.4 is 0 Å². The second-order valence-electron chi connectivity index (χ2n) is 5.63. The maximum Gasteiger partial charge on any atom is 0.227 e. The zero-order valence-electron chi connectivity index (χ0n) is 10.3. The molecule has 88 valence electrons. The Kier molecular flexibility index (Phi) is 3.77. The molecule has 0 aromatic heterocycles. The van der Waals surface area contributed by atoms with Gasteiger partial charge in [0.05, 0.1) is 6.10 Å². The summed E-state index contributed by atoms with van der Waals surface area (Å²) in [6, 6.07) is 0.320. The monoisotopic (exact) mass is 213 g/mol. The molecular formula is C12H23NO2. The lowest BCUT2D eigenvalue weighted by Crippen LogP contribution is -2.45. The first-order valence-electron chi connectivity index (χ1n) is 5.77. The number of rotatable bonds is 1. The molecule has 0 aromatic rings. The van der Waals surface area contributed by atoms with Gasteiger partial charge in [0, 0.05) is 18.5 Å². The summed E-state index contributed by atoms with van der Waals surface area (Å²) < 4.78 is 0. The zero-order chi connectivity index (χ0) is 11.6. The molecular weight excluding hydrogens is 190 g/mol. The standard InChI is InChI=1S/C12H23NO2/c1-12(2,3)11(15)13(4)9-5-7-10(14)8-6-9/h9-10,14H,5-8H2,1-4H3. The molecule has 15 heavy (non-hydrogen) atoms. The molecule has 1 saturated carbocycles. The summed E-state index contributed by atoms with van der Waals surface area (Å²) in [4.78, 5) is 13.9. The van der Waals surface area contributed by atoms with Crippen LogP contribution in [-0.2, 0) is 4.79 Å². The van der Waals surface area contributed by atoms with Crippen LogP contribution in [0.5, 0.6) is 0 Å². The van der Waals surface area contributed by atoms with Crippen LogP contribution in [0.3, 0.4) is 0 Å². The van der Waals surface area contributed by atoms with E-state index in [0.29, 0.717) is 6.04 Å². The number of carbonyl (C=O) groups is 1. The summed E-state index contributed by atoms with van der Waals surface area (Å²) in [6.45, 7) is 5.84. The molecule has 1 aliphatic carbocycles. The average molecular weight is 213 g/mol. The molecule has 0 unspecified atom stereocenters. The van der Waals surface area contributed by atoms with E-state index in [1.807, 2.05) is 32.7 Å².